The lowest BCUT2D eigenvalue weighted by atomic mass is 10.1. The SMILES string of the molecule is CC(C)CSC12N=CN([C@@H]3O[C@H](C)[C@@H](O)[C@H]3O)C1=NC=NC2=N. The Morgan fingerprint density at radius 1 is 1.43 bits per heavy atom. The zero-order valence-electron chi connectivity index (χ0n) is 13.2. The molecule has 126 valence electrons. The summed E-state index contributed by atoms with van der Waals surface area (Å²) < 4.78 is 5.65. The zero-order chi connectivity index (χ0) is 16.8. The number of nitrogens with one attached hydrogen (secondary N) is 1. The number of aliphatic imine (C=N–C) groups is 3. The Labute approximate surface area is 138 Å². The highest BCUT2D eigenvalue weighted by molar-refractivity contribution is 8.02. The van der Waals surface area contributed by atoms with Gasteiger partial charge in [-0.3, -0.25) is 10.3 Å². The molecule has 8 nitrogen and oxygen atoms in total. The molecular weight excluding hydrogens is 318 g/mol. The second-order valence-corrected chi connectivity index (χ2v) is 7.47. The Hall–Kier alpha value is -1.29. The first-order valence-electron chi connectivity index (χ1n) is 7.56. The molecule has 3 aliphatic heterocycles. The van der Waals surface area contributed by atoms with Crippen molar-refractivity contribution in [2.75, 3.05) is 5.75 Å². The Morgan fingerprint density at radius 2 is 2.17 bits per heavy atom. The van der Waals surface area contributed by atoms with Crippen LogP contribution in [0, 0.1) is 11.3 Å². The van der Waals surface area contributed by atoms with Gasteiger partial charge in [0.2, 0.25) is 4.87 Å². The number of ether oxygens (including phenoxy) is 1. The summed E-state index contributed by atoms with van der Waals surface area (Å²) in [6.07, 6.45) is -0.465. The Morgan fingerprint density at radius 3 is 2.78 bits per heavy atom. The maximum atomic E-state index is 10.2. The molecule has 0 aromatic heterocycles. The van der Waals surface area contributed by atoms with Crippen LogP contribution in [0.15, 0.2) is 15.0 Å². The van der Waals surface area contributed by atoms with Crippen molar-refractivity contribution in [3.63, 3.8) is 0 Å². The van der Waals surface area contributed by atoms with E-state index in [1.165, 1.54) is 24.4 Å². The van der Waals surface area contributed by atoms with Gasteiger partial charge in [-0.15, -0.1) is 11.8 Å². The van der Waals surface area contributed by atoms with Gasteiger partial charge in [0, 0.05) is 0 Å². The lowest BCUT2D eigenvalue weighted by Crippen LogP contribution is -2.52. The van der Waals surface area contributed by atoms with Crippen molar-refractivity contribution in [1.82, 2.24) is 4.90 Å². The van der Waals surface area contributed by atoms with Gasteiger partial charge in [0.1, 0.15) is 18.5 Å². The fourth-order valence-corrected chi connectivity index (χ4v) is 3.85. The number of aliphatic hydroxyl groups excluding tert-OH is 2. The van der Waals surface area contributed by atoms with Gasteiger partial charge in [0.15, 0.2) is 17.9 Å². The quantitative estimate of drug-likeness (QED) is 0.682. The topological polar surface area (TPSA) is 114 Å². The van der Waals surface area contributed by atoms with Crippen LogP contribution in [0.5, 0.6) is 0 Å². The molecule has 0 aromatic carbocycles. The van der Waals surface area contributed by atoms with E-state index in [0.29, 0.717) is 11.8 Å². The molecule has 1 saturated heterocycles. The Bertz CT molecular complexity index is 593. The fraction of sp³-hybridized carbons (Fsp3) is 0.714. The number of thioether (sulfide) groups is 1. The summed E-state index contributed by atoms with van der Waals surface area (Å²) in [5.74, 6) is 1.81. The van der Waals surface area contributed by atoms with Crippen molar-refractivity contribution in [3.05, 3.63) is 0 Å². The van der Waals surface area contributed by atoms with E-state index in [1.54, 1.807) is 11.8 Å². The molecule has 3 rings (SSSR count). The minimum absolute atomic E-state index is 0.105. The molecule has 5 atom stereocenters. The molecule has 0 spiro atoms. The number of rotatable bonds is 4. The summed E-state index contributed by atoms with van der Waals surface area (Å²) in [6, 6.07) is 0. The molecule has 0 radical (unpaired) electrons. The monoisotopic (exact) mass is 339 g/mol. The van der Waals surface area contributed by atoms with Crippen LogP contribution in [-0.2, 0) is 4.74 Å². The van der Waals surface area contributed by atoms with Crippen LogP contribution < -0.4 is 0 Å². The number of fused-ring (bicyclic) bond motifs is 1. The summed E-state index contributed by atoms with van der Waals surface area (Å²) in [6.45, 7) is 5.89. The predicted molar refractivity (Wildman–Crippen MR) is 90.4 cm³/mol. The average molecular weight is 339 g/mol. The lowest BCUT2D eigenvalue weighted by molar-refractivity contribution is -0.0306. The highest BCUT2D eigenvalue weighted by atomic mass is 32.2. The molecular formula is C14H21N5O3S. The van der Waals surface area contributed by atoms with E-state index < -0.39 is 29.4 Å². The molecule has 3 N–H and O–H groups in total. The largest absolute Gasteiger partial charge is 0.388 e. The van der Waals surface area contributed by atoms with E-state index in [-0.39, 0.29) is 5.84 Å². The normalized spacial score (nSPS) is 39.3. The minimum atomic E-state index is -1.07. The van der Waals surface area contributed by atoms with Crippen LogP contribution in [-0.4, -0.2) is 74.6 Å². The van der Waals surface area contributed by atoms with E-state index in [1.807, 2.05) is 0 Å². The van der Waals surface area contributed by atoms with E-state index in [2.05, 4.69) is 28.8 Å². The summed E-state index contributed by atoms with van der Waals surface area (Å²) in [4.78, 5) is 13.4. The van der Waals surface area contributed by atoms with Crippen LogP contribution in [0.4, 0.5) is 0 Å². The van der Waals surface area contributed by atoms with E-state index in [4.69, 9.17) is 10.1 Å². The zero-order valence-corrected chi connectivity index (χ0v) is 14.1. The lowest BCUT2D eigenvalue weighted by Gasteiger charge is -2.33. The van der Waals surface area contributed by atoms with Crippen LogP contribution in [0.1, 0.15) is 20.8 Å². The van der Waals surface area contributed by atoms with Crippen molar-refractivity contribution >= 4 is 36.1 Å². The third-order valence-corrected chi connectivity index (χ3v) is 5.71. The molecule has 3 aliphatic rings. The number of aliphatic hydroxyl groups is 2. The smallest absolute Gasteiger partial charge is 0.224 e. The third-order valence-electron chi connectivity index (χ3n) is 3.98. The average Bonchev–Trinajstić information content (AvgIpc) is 3.00. The number of nitrogens with zero attached hydrogens (tertiary/aromatic N) is 4. The maximum Gasteiger partial charge on any atom is 0.224 e. The Kier molecular flexibility index (Phi) is 4.30. The van der Waals surface area contributed by atoms with Crippen molar-refractivity contribution in [2.45, 2.75) is 50.2 Å². The van der Waals surface area contributed by atoms with Gasteiger partial charge in [0.25, 0.3) is 0 Å². The fourth-order valence-electron chi connectivity index (χ4n) is 2.68. The molecule has 9 heteroatoms. The van der Waals surface area contributed by atoms with Gasteiger partial charge >= 0.3 is 0 Å². The van der Waals surface area contributed by atoms with Gasteiger partial charge in [-0.25, -0.2) is 15.0 Å². The van der Waals surface area contributed by atoms with Gasteiger partial charge < -0.3 is 14.9 Å². The predicted octanol–water partition coefficient (Wildman–Crippen LogP) is 0.300. The molecule has 0 bridgehead atoms. The molecule has 1 unspecified atom stereocenters. The highest BCUT2D eigenvalue weighted by Crippen LogP contribution is 2.39. The van der Waals surface area contributed by atoms with Crippen LogP contribution >= 0.6 is 11.8 Å². The number of amidine groups is 2. The maximum absolute atomic E-state index is 10.2. The summed E-state index contributed by atoms with van der Waals surface area (Å²) in [5, 5.41) is 28.4. The van der Waals surface area contributed by atoms with Crippen LogP contribution in [0.25, 0.3) is 0 Å². The third kappa shape index (κ3) is 2.61. The van der Waals surface area contributed by atoms with Crippen molar-refractivity contribution in [1.29, 1.82) is 5.41 Å². The molecule has 0 amide bonds. The highest BCUT2D eigenvalue weighted by Gasteiger charge is 2.54. The van der Waals surface area contributed by atoms with Crippen molar-refractivity contribution < 1.29 is 14.9 Å². The molecule has 0 aliphatic carbocycles. The summed E-state index contributed by atoms with van der Waals surface area (Å²) >= 11 is 1.49. The first-order valence-corrected chi connectivity index (χ1v) is 8.54. The van der Waals surface area contributed by atoms with Crippen LogP contribution in [0.2, 0.25) is 0 Å². The van der Waals surface area contributed by atoms with Crippen molar-refractivity contribution in [2.24, 2.45) is 20.9 Å². The van der Waals surface area contributed by atoms with Crippen LogP contribution in [0.3, 0.4) is 0 Å². The first-order chi connectivity index (χ1) is 10.9. The second kappa shape index (κ2) is 5.97. The summed E-state index contributed by atoms with van der Waals surface area (Å²) in [7, 11) is 0. The molecule has 3 heterocycles. The Balaban J connectivity index is 1.89. The van der Waals surface area contributed by atoms with Gasteiger partial charge in [-0.05, 0) is 18.6 Å². The van der Waals surface area contributed by atoms with Gasteiger partial charge in [-0.2, -0.15) is 0 Å². The standard InChI is InChI=1S/C14H21N5O3S/c1-7(2)4-23-14-12(15)16-5-17-13(14)19(6-18-14)11-10(21)9(20)8(3)22-11/h5-11,15,20-21H,4H2,1-3H3/t8-,9-,10-,11-,14?/m1/s1. The van der Waals surface area contributed by atoms with E-state index in [0.717, 1.165) is 5.75 Å². The van der Waals surface area contributed by atoms with Gasteiger partial charge in [0.05, 0.1) is 12.4 Å². The van der Waals surface area contributed by atoms with Gasteiger partial charge in [-0.1, -0.05) is 13.8 Å². The van der Waals surface area contributed by atoms with Crippen molar-refractivity contribution in [3.8, 4) is 0 Å². The van der Waals surface area contributed by atoms with E-state index in [9.17, 15) is 10.2 Å². The number of hydrogen-bond acceptors (Lipinski definition) is 8. The molecule has 23 heavy (non-hydrogen) atoms. The molecule has 1 fully saturated rings. The minimum Gasteiger partial charge on any atom is -0.388 e. The summed E-state index contributed by atoms with van der Waals surface area (Å²) in [5.41, 5.74) is 0. The second-order valence-electron chi connectivity index (χ2n) is 6.26. The van der Waals surface area contributed by atoms with E-state index >= 15 is 0 Å². The molecule has 0 saturated carbocycles. The first kappa shape index (κ1) is 16.6. The molecule has 0 aromatic rings. The number of hydrogen-bond donors (Lipinski definition) is 3.